The molecular formula is C15H24N2O2. The van der Waals surface area contributed by atoms with Crippen LogP contribution >= 0.6 is 0 Å². The number of benzene rings is 1. The number of hydrogen-bond donors (Lipinski definition) is 1. The maximum absolute atomic E-state index is 5.61. The van der Waals surface area contributed by atoms with E-state index in [1.165, 1.54) is 5.56 Å². The first kappa shape index (κ1) is 14.3. The third-order valence-electron chi connectivity index (χ3n) is 3.83. The van der Waals surface area contributed by atoms with E-state index < -0.39 is 0 Å². The predicted molar refractivity (Wildman–Crippen MR) is 76.5 cm³/mol. The van der Waals surface area contributed by atoms with Gasteiger partial charge in [-0.1, -0.05) is 12.1 Å². The second kappa shape index (κ2) is 6.89. The van der Waals surface area contributed by atoms with Gasteiger partial charge in [0.1, 0.15) is 5.75 Å². The number of likely N-dealkylation sites (N-methyl/N-ethyl adjacent to an activating group) is 2. The molecule has 2 rings (SSSR count). The van der Waals surface area contributed by atoms with Gasteiger partial charge in [-0.3, -0.25) is 4.90 Å². The van der Waals surface area contributed by atoms with Crippen molar-refractivity contribution in [3.05, 3.63) is 29.8 Å². The fourth-order valence-corrected chi connectivity index (χ4v) is 2.67. The van der Waals surface area contributed by atoms with Crippen LogP contribution < -0.4 is 10.1 Å². The monoisotopic (exact) mass is 264 g/mol. The van der Waals surface area contributed by atoms with Gasteiger partial charge in [-0.25, -0.2) is 0 Å². The van der Waals surface area contributed by atoms with Gasteiger partial charge >= 0.3 is 0 Å². The summed E-state index contributed by atoms with van der Waals surface area (Å²) in [5.74, 6) is 0.913. The molecule has 106 valence electrons. The zero-order valence-corrected chi connectivity index (χ0v) is 12.1. The van der Waals surface area contributed by atoms with Crippen LogP contribution in [0.25, 0.3) is 0 Å². The number of nitrogens with zero attached hydrogens (tertiary/aromatic N) is 1. The van der Waals surface area contributed by atoms with Gasteiger partial charge in [0.15, 0.2) is 0 Å². The Kier molecular flexibility index (Phi) is 5.19. The Bertz CT molecular complexity index is 397. The molecule has 0 spiro atoms. The van der Waals surface area contributed by atoms with Gasteiger partial charge in [0, 0.05) is 25.2 Å². The van der Waals surface area contributed by atoms with Gasteiger partial charge in [-0.05, 0) is 38.2 Å². The van der Waals surface area contributed by atoms with Crippen LogP contribution in [0.5, 0.6) is 5.75 Å². The van der Waals surface area contributed by atoms with Gasteiger partial charge < -0.3 is 14.8 Å². The molecule has 0 aromatic heterocycles. The van der Waals surface area contributed by atoms with Gasteiger partial charge in [0.05, 0.1) is 13.7 Å². The summed E-state index contributed by atoms with van der Waals surface area (Å²) in [4.78, 5) is 2.36. The lowest BCUT2D eigenvalue weighted by Crippen LogP contribution is -2.53. The van der Waals surface area contributed by atoms with E-state index in [4.69, 9.17) is 9.47 Å². The van der Waals surface area contributed by atoms with E-state index >= 15 is 0 Å². The second-order valence-electron chi connectivity index (χ2n) is 5.09. The van der Waals surface area contributed by atoms with E-state index in [0.717, 1.165) is 31.9 Å². The largest absolute Gasteiger partial charge is 0.497 e. The Labute approximate surface area is 115 Å². The lowest BCUT2D eigenvalue weighted by molar-refractivity contribution is 0.00522. The van der Waals surface area contributed by atoms with Crippen molar-refractivity contribution in [3.63, 3.8) is 0 Å². The summed E-state index contributed by atoms with van der Waals surface area (Å²) in [5, 5.41) is 3.40. The van der Waals surface area contributed by atoms with Crippen molar-refractivity contribution in [2.75, 3.05) is 34.4 Å². The van der Waals surface area contributed by atoms with Crippen molar-refractivity contribution < 1.29 is 9.47 Å². The van der Waals surface area contributed by atoms with Crippen LogP contribution in [-0.4, -0.2) is 51.4 Å². The Morgan fingerprint density at radius 2 is 2.32 bits per heavy atom. The average Bonchev–Trinajstić information content (AvgIpc) is 2.47. The molecule has 1 N–H and O–H groups in total. The first-order valence-electron chi connectivity index (χ1n) is 6.82. The first-order valence-corrected chi connectivity index (χ1v) is 6.82. The maximum atomic E-state index is 5.61. The van der Waals surface area contributed by atoms with E-state index in [-0.39, 0.29) is 0 Å². The van der Waals surface area contributed by atoms with Crippen molar-refractivity contribution in [2.45, 2.75) is 25.0 Å². The predicted octanol–water partition coefficient (Wildman–Crippen LogP) is 1.50. The topological polar surface area (TPSA) is 33.7 Å². The highest BCUT2D eigenvalue weighted by Gasteiger charge is 2.27. The molecule has 0 radical (unpaired) electrons. The summed E-state index contributed by atoms with van der Waals surface area (Å²) in [5.41, 5.74) is 1.27. The maximum Gasteiger partial charge on any atom is 0.119 e. The molecule has 1 saturated heterocycles. The molecule has 1 heterocycles. The fraction of sp³-hybridized carbons (Fsp3) is 0.600. The van der Waals surface area contributed by atoms with Crippen molar-refractivity contribution in [2.24, 2.45) is 0 Å². The van der Waals surface area contributed by atoms with Gasteiger partial charge in [0.2, 0.25) is 0 Å². The van der Waals surface area contributed by atoms with Crippen molar-refractivity contribution in [1.29, 1.82) is 0 Å². The van der Waals surface area contributed by atoms with Gasteiger partial charge in [-0.15, -0.1) is 0 Å². The van der Waals surface area contributed by atoms with Crippen LogP contribution in [0.3, 0.4) is 0 Å². The highest BCUT2D eigenvalue weighted by Crippen LogP contribution is 2.18. The highest BCUT2D eigenvalue weighted by molar-refractivity contribution is 5.28. The van der Waals surface area contributed by atoms with Crippen molar-refractivity contribution in [1.82, 2.24) is 10.2 Å². The number of hydrogen-bond acceptors (Lipinski definition) is 4. The molecule has 0 saturated carbocycles. The number of nitrogens with one attached hydrogen (secondary N) is 1. The van der Waals surface area contributed by atoms with Crippen LogP contribution in [0.2, 0.25) is 0 Å². The summed E-state index contributed by atoms with van der Waals surface area (Å²) in [6.07, 6.45) is 1.07. The summed E-state index contributed by atoms with van der Waals surface area (Å²) in [6.45, 7) is 2.56. The van der Waals surface area contributed by atoms with Crippen LogP contribution in [0.4, 0.5) is 0 Å². The molecule has 19 heavy (non-hydrogen) atoms. The smallest absolute Gasteiger partial charge is 0.119 e. The molecule has 0 amide bonds. The molecule has 1 aromatic carbocycles. The SMILES string of the molecule is CNC1CCOCC1N(C)Cc1cccc(OC)c1. The third-order valence-corrected chi connectivity index (χ3v) is 3.83. The average molecular weight is 264 g/mol. The van der Waals surface area contributed by atoms with Crippen LogP contribution in [-0.2, 0) is 11.3 Å². The van der Waals surface area contributed by atoms with E-state index in [1.54, 1.807) is 7.11 Å². The number of methoxy groups -OCH3 is 1. The second-order valence-corrected chi connectivity index (χ2v) is 5.09. The molecule has 4 nitrogen and oxygen atoms in total. The quantitative estimate of drug-likeness (QED) is 0.874. The minimum absolute atomic E-state index is 0.421. The third kappa shape index (κ3) is 3.69. The Morgan fingerprint density at radius 1 is 1.47 bits per heavy atom. The standard InChI is InChI=1S/C15H24N2O2/c1-16-14-7-8-19-11-15(14)17(2)10-12-5-4-6-13(9-12)18-3/h4-6,9,14-16H,7-8,10-11H2,1-3H3. The van der Waals surface area contributed by atoms with Crippen molar-refractivity contribution in [3.8, 4) is 5.75 Å². The molecule has 0 aliphatic carbocycles. The fourth-order valence-electron chi connectivity index (χ4n) is 2.67. The Morgan fingerprint density at radius 3 is 3.05 bits per heavy atom. The molecule has 1 aliphatic rings. The number of ether oxygens (including phenoxy) is 2. The van der Waals surface area contributed by atoms with Crippen LogP contribution in [0.1, 0.15) is 12.0 Å². The molecule has 2 atom stereocenters. The molecule has 1 fully saturated rings. The molecule has 1 aliphatic heterocycles. The van der Waals surface area contributed by atoms with Gasteiger partial charge in [0.25, 0.3) is 0 Å². The highest BCUT2D eigenvalue weighted by atomic mass is 16.5. The van der Waals surface area contributed by atoms with Crippen LogP contribution in [0.15, 0.2) is 24.3 Å². The van der Waals surface area contributed by atoms with E-state index in [2.05, 4.69) is 29.4 Å². The van der Waals surface area contributed by atoms with Crippen LogP contribution in [0, 0.1) is 0 Å². The molecule has 0 bridgehead atoms. The van der Waals surface area contributed by atoms with E-state index in [0.29, 0.717) is 12.1 Å². The summed E-state index contributed by atoms with van der Waals surface area (Å²) < 4.78 is 10.9. The normalized spacial score (nSPS) is 23.6. The Hall–Kier alpha value is -1.10. The summed E-state index contributed by atoms with van der Waals surface area (Å²) in [7, 11) is 5.89. The van der Waals surface area contributed by atoms with E-state index in [1.807, 2.05) is 19.2 Å². The minimum atomic E-state index is 0.421. The summed E-state index contributed by atoms with van der Waals surface area (Å²) >= 11 is 0. The molecule has 1 aromatic rings. The molecular weight excluding hydrogens is 240 g/mol. The lowest BCUT2D eigenvalue weighted by atomic mass is 10.0. The zero-order chi connectivity index (χ0) is 13.7. The first-order chi connectivity index (χ1) is 9.24. The van der Waals surface area contributed by atoms with Crippen molar-refractivity contribution >= 4 is 0 Å². The Balaban J connectivity index is 2.00. The van der Waals surface area contributed by atoms with E-state index in [9.17, 15) is 0 Å². The zero-order valence-electron chi connectivity index (χ0n) is 12.1. The molecule has 2 unspecified atom stereocenters. The lowest BCUT2D eigenvalue weighted by Gasteiger charge is -2.37. The number of rotatable bonds is 5. The van der Waals surface area contributed by atoms with Gasteiger partial charge in [-0.2, -0.15) is 0 Å². The molecule has 4 heteroatoms. The minimum Gasteiger partial charge on any atom is -0.497 e. The summed E-state index contributed by atoms with van der Waals surface area (Å²) in [6, 6.07) is 9.17.